The third-order valence-corrected chi connectivity index (χ3v) is 2.32. The Morgan fingerprint density at radius 3 is 2.87 bits per heavy atom. The standard InChI is InChI=1S/C12H14N2O/c1-9-3-2-4-10(7-9)5-6-11-8-15-12(13)14-11/h2-4,7-8H,5-6H2,1H3,(H2,13,14). The van der Waals surface area contributed by atoms with Crippen molar-refractivity contribution in [2.75, 3.05) is 5.73 Å². The summed E-state index contributed by atoms with van der Waals surface area (Å²) < 4.78 is 4.94. The Kier molecular flexibility index (Phi) is 2.72. The van der Waals surface area contributed by atoms with E-state index in [9.17, 15) is 0 Å². The van der Waals surface area contributed by atoms with Crippen molar-refractivity contribution in [3.63, 3.8) is 0 Å². The maximum absolute atomic E-state index is 5.39. The predicted octanol–water partition coefficient (Wildman–Crippen LogP) is 2.35. The number of anilines is 1. The second-order valence-electron chi connectivity index (χ2n) is 3.67. The summed E-state index contributed by atoms with van der Waals surface area (Å²) in [5.74, 6) is 0. The molecule has 0 aliphatic carbocycles. The zero-order chi connectivity index (χ0) is 10.7. The zero-order valence-corrected chi connectivity index (χ0v) is 8.73. The fourth-order valence-electron chi connectivity index (χ4n) is 1.58. The number of nitrogens with two attached hydrogens (primary N) is 1. The molecule has 0 atom stereocenters. The number of aryl methyl sites for hydroxylation is 3. The maximum Gasteiger partial charge on any atom is 0.292 e. The minimum Gasteiger partial charge on any atom is -0.432 e. The largest absolute Gasteiger partial charge is 0.432 e. The lowest BCUT2D eigenvalue weighted by atomic mass is 10.1. The molecule has 0 radical (unpaired) electrons. The maximum atomic E-state index is 5.39. The molecule has 78 valence electrons. The molecular weight excluding hydrogens is 188 g/mol. The molecule has 0 spiro atoms. The van der Waals surface area contributed by atoms with Gasteiger partial charge in [0, 0.05) is 0 Å². The summed E-state index contributed by atoms with van der Waals surface area (Å²) in [5, 5.41) is 0. The van der Waals surface area contributed by atoms with Crippen molar-refractivity contribution >= 4 is 6.01 Å². The Bertz CT molecular complexity index is 448. The number of oxazole rings is 1. The van der Waals surface area contributed by atoms with E-state index >= 15 is 0 Å². The van der Waals surface area contributed by atoms with Gasteiger partial charge >= 0.3 is 0 Å². The van der Waals surface area contributed by atoms with Crippen molar-refractivity contribution < 1.29 is 4.42 Å². The fraction of sp³-hybridized carbons (Fsp3) is 0.250. The molecule has 15 heavy (non-hydrogen) atoms. The summed E-state index contributed by atoms with van der Waals surface area (Å²) in [4.78, 5) is 4.06. The van der Waals surface area contributed by atoms with E-state index in [1.165, 1.54) is 11.1 Å². The SMILES string of the molecule is Cc1cccc(CCc2coc(N)n2)c1. The highest BCUT2D eigenvalue weighted by Gasteiger charge is 2.01. The van der Waals surface area contributed by atoms with Crippen LogP contribution in [-0.2, 0) is 12.8 Å². The molecule has 1 aromatic carbocycles. The first-order valence-corrected chi connectivity index (χ1v) is 4.99. The molecule has 0 fully saturated rings. The molecular formula is C12H14N2O. The first kappa shape index (κ1) is 9.77. The Hall–Kier alpha value is -1.77. The smallest absolute Gasteiger partial charge is 0.292 e. The lowest BCUT2D eigenvalue weighted by molar-refractivity contribution is 0.578. The van der Waals surface area contributed by atoms with Crippen LogP contribution in [-0.4, -0.2) is 4.98 Å². The minimum absolute atomic E-state index is 0.245. The lowest BCUT2D eigenvalue weighted by Crippen LogP contribution is -1.92. The summed E-state index contributed by atoms with van der Waals surface area (Å²) in [6.07, 6.45) is 3.45. The van der Waals surface area contributed by atoms with E-state index in [2.05, 4.69) is 36.2 Å². The zero-order valence-electron chi connectivity index (χ0n) is 8.73. The molecule has 0 bridgehead atoms. The highest BCUT2D eigenvalue weighted by Crippen LogP contribution is 2.09. The van der Waals surface area contributed by atoms with Crippen LogP contribution in [0.1, 0.15) is 16.8 Å². The van der Waals surface area contributed by atoms with Gasteiger partial charge in [0.25, 0.3) is 6.01 Å². The van der Waals surface area contributed by atoms with Crippen LogP contribution >= 0.6 is 0 Å². The van der Waals surface area contributed by atoms with Gasteiger partial charge in [-0.25, -0.2) is 0 Å². The molecule has 0 saturated carbocycles. The molecule has 0 saturated heterocycles. The van der Waals surface area contributed by atoms with Gasteiger partial charge in [0.1, 0.15) is 6.26 Å². The Morgan fingerprint density at radius 2 is 2.20 bits per heavy atom. The minimum atomic E-state index is 0.245. The van der Waals surface area contributed by atoms with Gasteiger partial charge in [0.2, 0.25) is 0 Å². The van der Waals surface area contributed by atoms with E-state index in [-0.39, 0.29) is 6.01 Å². The van der Waals surface area contributed by atoms with Crippen molar-refractivity contribution in [3.8, 4) is 0 Å². The second kappa shape index (κ2) is 4.17. The summed E-state index contributed by atoms with van der Waals surface area (Å²) >= 11 is 0. The monoisotopic (exact) mass is 202 g/mol. The van der Waals surface area contributed by atoms with Crippen LogP contribution < -0.4 is 5.73 Å². The van der Waals surface area contributed by atoms with Crippen LogP contribution in [0, 0.1) is 6.92 Å². The van der Waals surface area contributed by atoms with Crippen molar-refractivity contribution in [1.29, 1.82) is 0 Å². The molecule has 2 rings (SSSR count). The number of benzene rings is 1. The van der Waals surface area contributed by atoms with Crippen LogP contribution in [0.25, 0.3) is 0 Å². The van der Waals surface area contributed by atoms with Gasteiger partial charge < -0.3 is 10.2 Å². The molecule has 0 aliphatic rings. The number of hydrogen-bond donors (Lipinski definition) is 1. The summed E-state index contributed by atoms with van der Waals surface area (Å²) in [6.45, 7) is 2.09. The van der Waals surface area contributed by atoms with E-state index < -0.39 is 0 Å². The molecule has 3 heteroatoms. The molecule has 1 aromatic heterocycles. The number of hydrogen-bond acceptors (Lipinski definition) is 3. The van der Waals surface area contributed by atoms with E-state index in [1.54, 1.807) is 6.26 Å². The van der Waals surface area contributed by atoms with E-state index in [0.29, 0.717) is 0 Å². The van der Waals surface area contributed by atoms with Crippen molar-refractivity contribution in [3.05, 3.63) is 47.3 Å². The fourth-order valence-corrected chi connectivity index (χ4v) is 1.58. The molecule has 1 heterocycles. The molecule has 0 aliphatic heterocycles. The van der Waals surface area contributed by atoms with Gasteiger partial charge in [-0.2, -0.15) is 4.98 Å². The topological polar surface area (TPSA) is 52.0 Å². The Balaban J connectivity index is 1.99. The quantitative estimate of drug-likeness (QED) is 0.831. The number of nitrogen functional groups attached to an aromatic ring is 1. The molecule has 0 unspecified atom stereocenters. The number of aromatic nitrogens is 1. The van der Waals surface area contributed by atoms with Crippen LogP contribution in [0.2, 0.25) is 0 Å². The highest BCUT2D eigenvalue weighted by molar-refractivity contribution is 5.23. The number of rotatable bonds is 3. The lowest BCUT2D eigenvalue weighted by Gasteiger charge is -2.00. The molecule has 2 N–H and O–H groups in total. The normalized spacial score (nSPS) is 10.5. The van der Waals surface area contributed by atoms with Gasteiger partial charge in [-0.05, 0) is 25.3 Å². The van der Waals surface area contributed by atoms with Crippen LogP contribution in [0.15, 0.2) is 34.9 Å². The van der Waals surface area contributed by atoms with Crippen LogP contribution in [0.5, 0.6) is 0 Å². The third kappa shape index (κ3) is 2.59. The van der Waals surface area contributed by atoms with Crippen molar-refractivity contribution in [2.45, 2.75) is 19.8 Å². The average molecular weight is 202 g/mol. The Labute approximate surface area is 88.9 Å². The summed E-state index contributed by atoms with van der Waals surface area (Å²) in [7, 11) is 0. The first-order chi connectivity index (χ1) is 7.24. The first-order valence-electron chi connectivity index (χ1n) is 4.99. The van der Waals surface area contributed by atoms with Gasteiger partial charge in [0.05, 0.1) is 5.69 Å². The predicted molar refractivity (Wildman–Crippen MR) is 59.5 cm³/mol. The molecule has 2 aromatic rings. The van der Waals surface area contributed by atoms with Crippen LogP contribution in [0.4, 0.5) is 6.01 Å². The second-order valence-corrected chi connectivity index (χ2v) is 3.67. The van der Waals surface area contributed by atoms with Gasteiger partial charge in [-0.3, -0.25) is 0 Å². The number of nitrogens with zero attached hydrogens (tertiary/aromatic N) is 1. The van der Waals surface area contributed by atoms with Crippen molar-refractivity contribution in [1.82, 2.24) is 4.98 Å². The summed E-state index contributed by atoms with van der Waals surface area (Å²) in [6, 6.07) is 8.72. The Morgan fingerprint density at radius 1 is 1.33 bits per heavy atom. The van der Waals surface area contributed by atoms with Crippen LogP contribution in [0.3, 0.4) is 0 Å². The highest BCUT2D eigenvalue weighted by atomic mass is 16.4. The van der Waals surface area contributed by atoms with E-state index in [1.807, 2.05) is 0 Å². The third-order valence-electron chi connectivity index (χ3n) is 2.32. The van der Waals surface area contributed by atoms with Gasteiger partial charge in [0.15, 0.2) is 0 Å². The summed E-state index contributed by atoms with van der Waals surface area (Å²) in [5.41, 5.74) is 8.91. The van der Waals surface area contributed by atoms with E-state index in [0.717, 1.165) is 18.5 Å². The average Bonchev–Trinajstić information content (AvgIpc) is 2.62. The molecule has 3 nitrogen and oxygen atoms in total. The van der Waals surface area contributed by atoms with Crippen molar-refractivity contribution in [2.24, 2.45) is 0 Å². The van der Waals surface area contributed by atoms with Gasteiger partial charge in [-0.1, -0.05) is 29.8 Å². The van der Waals surface area contributed by atoms with Gasteiger partial charge in [-0.15, -0.1) is 0 Å². The molecule has 0 amide bonds. The van der Waals surface area contributed by atoms with E-state index in [4.69, 9.17) is 10.2 Å².